The van der Waals surface area contributed by atoms with Gasteiger partial charge in [0.25, 0.3) is 0 Å². The molecule has 1 aliphatic heterocycles. The number of halogens is 1. The van der Waals surface area contributed by atoms with Gasteiger partial charge in [0.1, 0.15) is 5.82 Å². The molecule has 1 atom stereocenters. The van der Waals surface area contributed by atoms with Gasteiger partial charge < -0.3 is 4.90 Å². The number of likely N-dealkylation sites (tertiary alicyclic amines) is 1. The van der Waals surface area contributed by atoms with Gasteiger partial charge in [0, 0.05) is 37.0 Å². The molecule has 0 spiro atoms. The lowest BCUT2D eigenvalue weighted by atomic mass is 10.0. The Balaban J connectivity index is 1.93. The van der Waals surface area contributed by atoms with Crippen molar-refractivity contribution in [2.24, 2.45) is 0 Å². The summed E-state index contributed by atoms with van der Waals surface area (Å²) in [4.78, 5) is 18.1. The number of hydrogen-bond acceptors (Lipinski definition) is 2. The molecule has 0 saturated carbocycles. The molecule has 4 heteroatoms. The van der Waals surface area contributed by atoms with Crippen molar-refractivity contribution < 1.29 is 9.18 Å². The van der Waals surface area contributed by atoms with E-state index in [0.29, 0.717) is 17.6 Å². The molecule has 1 fully saturated rings. The minimum absolute atomic E-state index is 0.0378. The fourth-order valence-corrected chi connectivity index (χ4v) is 2.62. The minimum Gasteiger partial charge on any atom is -0.335 e. The molecular weight excluding hydrogens is 267 g/mol. The van der Waals surface area contributed by atoms with E-state index in [1.807, 2.05) is 12.1 Å². The highest BCUT2D eigenvalue weighted by Gasteiger charge is 2.33. The van der Waals surface area contributed by atoms with Crippen molar-refractivity contribution in [1.82, 2.24) is 9.88 Å². The van der Waals surface area contributed by atoms with Crippen LogP contribution in [0.25, 0.3) is 6.08 Å². The van der Waals surface area contributed by atoms with Gasteiger partial charge in [0.2, 0.25) is 5.91 Å². The summed E-state index contributed by atoms with van der Waals surface area (Å²) in [5.41, 5.74) is 2.06. The largest absolute Gasteiger partial charge is 0.335 e. The summed E-state index contributed by atoms with van der Waals surface area (Å²) in [6.07, 6.45) is 5.68. The van der Waals surface area contributed by atoms with E-state index < -0.39 is 0 Å². The van der Waals surface area contributed by atoms with Crippen molar-refractivity contribution in [1.29, 1.82) is 0 Å². The molecular formula is C17H15FN2O. The van der Waals surface area contributed by atoms with Crippen LogP contribution in [0, 0.1) is 5.82 Å². The van der Waals surface area contributed by atoms with Gasteiger partial charge in [-0.2, -0.15) is 0 Å². The molecule has 1 aliphatic rings. The van der Waals surface area contributed by atoms with Crippen LogP contribution in [0.4, 0.5) is 4.39 Å². The van der Waals surface area contributed by atoms with Crippen molar-refractivity contribution in [3.8, 4) is 0 Å². The fraction of sp³-hybridized carbons (Fsp3) is 0.176. The van der Waals surface area contributed by atoms with Crippen molar-refractivity contribution >= 4 is 12.0 Å². The molecule has 2 aromatic rings. The van der Waals surface area contributed by atoms with Crippen LogP contribution < -0.4 is 0 Å². The average molecular weight is 282 g/mol. The third-order valence-electron chi connectivity index (χ3n) is 3.78. The number of carbonyl (C=O) groups excluding carboxylic acids is 1. The molecule has 0 unspecified atom stereocenters. The molecule has 0 N–H and O–H groups in total. The second-order valence-electron chi connectivity index (χ2n) is 5.11. The highest BCUT2D eigenvalue weighted by atomic mass is 19.1. The zero-order chi connectivity index (χ0) is 14.8. The highest BCUT2D eigenvalue weighted by Crippen LogP contribution is 2.35. The van der Waals surface area contributed by atoms with Crippen molar-refractivity contribution in [2.45, 2.75) is 12.5 Å². The molecule has 21 heavy (non-hydrogen) atoms. The quantitative estimate of drug-likeness (QED) is 0.792. The summed E-state index contributed by atoms with van der Waals surface area (Å²) < 4.78 is 13.7. The number of carbonyl (C=O) groups is 1. The Morgan fingerprint density at radius 2 is 2.10 bits per heavy atom. The zero-order valence-corrected chi connectivity index (χ0v) is 11.7. The predicted octanol–water partition coefficient (Wildman–Crippen LogP) is 3.21. The van der Waals surface area contributed by atoms with Crippen molar-refractivity contribution in [3.63, 3.8) is 0 Å². The van der Waals surface area contributed by atoms with Crippen molar-refractivity contribution in [3.05, 3.63) is 71.3 Å². The second kappa shape index (κ2) is 5.48. The Hall–Kier alpha value is -2.49. The smallest absolute Gasteiger partial charge is 0.250 e. The maximum absolute atomic E-state index is 13.7. The van der Waals surface area contributed by atoms with Crippen LogP contribution in [0.3, 0.4) is 0 Å². The maximum Gasteiger partial charge on any atom is 0.250 e. The number of likely N-dealkylation sites (N-methyl/N-ethyl adjacent to an activating group) is 1. The van der Waals surface area contributed by atoms with Gasteiger partial charge in [-0.05, 0) is 23.8 Å². The standard InChI is InChI=1S/C17H15FN2O/c1-20-16(13-6-4-8-19-11-13)10-14(17(20)21)9-12-5-2-3-7-15(12)18/h2-9,11,16H,10H2,1H3/b14-9+/t16-/m0/s1. The van der Waals surface area contributed by atoms with E-state index in [2.05, 4.69) is 4.98 Å². The maximum atomic E-state index is 13.7. The number of hydrogen-bond donors (Lipinski definition) is 0. The molecule has 1 saturated heterocycles. The number of pyridine rings is 1. The van der Waals surface area contributed by atoms with Gasteiger partial charge in [-0.25, -0.2) is 4.39 Å². The topological polar surface area (TPSA) is 33.2 Å². The van der Waals surface area contributed by atoms with Crippen LogP contribution in [0.5, 0.6) is 0 Å². The summed E-state index contributed by atoms with van der Waals surface area (Å²) >= 11 is 0. The van der Waals surface area contributed by atoms with E-state index in [9.17, 15) is 9.18 Å². The van der Waals surface area contributed by atoms with Crippen molar-refractivity contribution in [2.75, 3.05) is 7.05 Å². The van der Waals surface area contributed by atoms with Crippen LogP contribution in [0.1, 0.15) is 23.6 Å². The third kappa shape index (κ3) is 2.57. The van der Waals surface area contributed by atoms with E-state index in [4.69, 9.17) is 0 Å². The number of benzene rings is 1. The summed E-state index contributed by atoms with van der Waals surface area (Å²) in [6.45, 7) is 0. The first kappa shape index (κ1) is 13.5. The Morgan fingerprint density at radius 3 is 2.81 bits per heavy atom. The molecule has 2 heterocycles. The first-order valence-electron chi connectivity index (χ1n) is 6.79. The Kier molecular flexibility index (Phi) is 3.52. The number of nitrogens with zero attached hydrogens (tertiary/aromatic N) is 2. The predicted molar refractivity (Wildman–Crippen MR) is 78.7 cm³/mol. The molecule has 1 aromatic carbocycles. The Morgan fingerprint density at radius 1 is 1.29 bits per heavy atom. The van der Waals surface area contributed by atoms with Crippen LogP contribution in [0.2, 0.25) is 0 Å². The van der Waals surface area contributed by atoms with Crippen LogP contribution in [0.15, 0.2) is 54.4 Å². The van der Waals surface area contributed by atoms with Gasteiger partial charge in [-0.3, -0.25) is 9.78 Å². The van der Waals surface area contributed by atoms with Crippen LogP contribution in [-0.4, -0.2) is 22.8 Å². The first-order valence-corrected chi connectivity index (χ1v) is 6.79. The minimum atomic E-state index is -0.315. The van der Waals surface area contributed by atoms with E-state index in [1.165, 1.54) is 6.07 Å². The molecule has 0 radical (unpaired) electrons. The lowest BCUT2D eigenvalue weighted by Gasteiger charge is -2.18. The molecule has 106 valence electrons. The number of amides is 1. The zero-order valence-electron chi connectivity index (χ0n) is 11.7. The Labute approximate surface area is 122 Å². The fourth-order valence-electron chi connectivity index (χ4n) is 2.62. The molecule has 3 nitrogen and oxygen atoms in total. The summed E-state index contributed by atoms with van der Waals surface area (Å²) in [5, 5.41) is 0. The summed E-state index contributed by atoms with van der Waals surface area (Å²) in [6, 6.07) is 10.2. The lowest BCUT2D eigenvalue weighted by molar-refractivity contribution is -0.124. The number of aromatic nitrogens is 1. The SMILES string of the molecule is CN1C(=O)/C(=C/c2ccccc2F)C[C@H]1c1cccnc1. The molecule has 1 amide bonds. The van der Waals surface area contributed by atoms with Gasteiger partial charge in [0.05, 0.1) is 6.04 Å². The summed E-state index contributed by atoms with van der Waals surface area (Å²) in [5.74, 6) is -0.377. The van der Waals surface area contributed by atoms with Gasteiger partial charge in [0.15, 0.2) is 0 Å². The van der Waals surface area contributed by atoms with Crippen LogP contribution >= 0.6 is 0 Å². The Bertz CT molecular complexity index is 697. The van der Waals surface area contributed by atoms with E-state index in [0.717, 1.165) is 5.56 Å². The normalized spacial score (nSPS) is 20.3. The first-order chi connectivity index (χ1) is 10.2. The molecule has 1 aromatic heterocycles. The van der Waals surface area contributed by atoms with Gasteiger partial charge in [-0.1, -0.05) is 24.3 Å². The number of rotatable bonds is 2. The van der Waals surface area contributed by atoms with E-state index >= 15 is 0 Å². The third-order valence-corrected chi connectivity index (χ3v) is 3.78. The van der Waals surface area contributed by atoms with Gasteiger partial charge >= 0.3 is 0 Å². The lowest BCUT2D eigenvalue weighted by Crippen LogP contribution is -2.22. The van der Waals surface area contributed by atoms with Gasteiger partial charge in [-0.15, -0.1) is 0 Å². The second-order valence-corrected chi connectivity index (χ2v) is 5.11. The summed E-state index contributed by atoms with van der Waals surface area (Å²) in [7, 11) is 1.77. The molecule has 0 aliphatic carbocycles. The average Bonchev–Trinajstić information content (AvgIpc) is 2.79. The molecule has 0 bridgehead atoms. The van der Waals surface area contributed by atoms with E-state index in [-0.39, 0.29) is 17.8 Å². The molecule has 3 rings (SSSR count). The highest BCUT2D eigenvalue weighted by molar-refractivity contribution is 6.00. The van der Waals surface area contributed by atoms with E-state index in [1.54, 1.807) is 48.6 Å². The van der Waals surface area contributed by atoms with Crippen LogP contribution in [-0.2, 0) is 4.79 Å². The monoisotopic (exact) mass is 282 g/mol.